The number of methoxy groups -OCH3 is 1. The zero-order chi connectivity index (χ0) is 14.7. The molecular weight excluding hydrogens is 260 g/mol. The Kier molecular flexibility index (Phi) is 4.81. The molecule has 21 heavy (non-hydrogen) atoms. The lowest BCUT2D eigenvalue weighted by atomic mass is 9.85. The summed E-state index contributed by atoms with van der Waals surface area (Å²) in [5.41, 5.74) is 3.05. The van der Waals surface area contributed by atoms with E-state index in [4.69, 9.17) is 4.74 Å². The van der Waals surface area contributed by atoms with Gasteiger partial charge in [-0.2, -0.15) is 0 Å². The van der Waals surface area contributed by atoms with E-state index in [1.807, 2.05) is 0 Å². The van der Waals surface area contributed by atoms with Crippen molar-refractivity contribution in [2.75, 3.05) is 33.8 Å². The molecule has 0 radical (unpaired) electrons. The number of ether oxygens (including phenoxy) is 1. The van der Waals surface area contributed by atoms with Crippen molar-refractivity contribution < 1.29 is 4.74 Å². The monoisotopic (exact) mass is 288 g/mol. The molecule has 0 saturated carbocycles. The van der Waals surface area contributed by atoms with Gasteiger partial charge in [-0.15, -0.1) is 0 Å². The van der Waals surface area contributed by atoms with Gasteiger partial charge in [-0.1, -0.05) is 6.07 Å². The number of benzene rings is 1. The number of aryl methyl sites for hydroxylation is 1. The van der Waals surface area contributed by atoms with Gasteiger partial charge >= 0.3 is 0 Å². The van der Waals surface area contributed by atoms with E-state index in [0.29, 0.717) is 6.04 Å². The van der Waals surface area contributed by atoms with Crippen molar-refractivity contribution in [3.63, 3.8) is 0 Å². The van der Waals surface area contributed by atoms with Gasteiger partial charge in [0.2, 0.25) is 0 Å². The molecule has 0 amide bonds. The number of likely N-dealkylation sites (tertiary alicyclic amines) is 1. The molecule has 3 rings (SSSR count). The van der Waals surface area contributed by atoms with Gasteiger partial charge in [0.05, 0.1) is 7.11 Å². The number of hydrogen-bond donors (Lipinski definition) is 1. The smallest absolute Gasteiger partial charge is 0.119 e. The molecule has 1 aliphatic carbocycles. The van der Waals surface area contributed by atoms with Crippen LogP contribution in [0, 0.1) is 5.92 Å². The molecule has 0 bridgehead atoms. The summed E-state index contributed by atoms with van der Waals surface area (Å²) in [5.74, 6) is 1.87. The minimum atomic E-state index is 0.611. The van der Waals surface area contributed by atoms with Crippen LogP contribution < -0.4 is 10.1 Å². The highest BCUT2D eigenvalue weighted by molar-refractivity contribution is 5.39. The van der Waals surface area contributed by atoms with Crippen molar-refractivity contribution in [1.82, 2.24) is 10.2 Å². The second-order valence-electron chi connectivity index (χ2n) is 6.51. The Labute approximate surface area is 128 Å². The summed E-state index contributed by atoms with van der Waals surface area (Å²) in [6.07, 6.45) is 6.51. The van der Waals surface area contributed by atoms with Gasteiger partial charge in [0, 0.05) is 6.04 Å². The van der Waals surface area contributed by atoms with Crippen molar-refractivity contribution in [3.8, 4) is 5.75 Å². The molecule has 116 valence electrons. The van der Waals surface area contributed by atoms with E-state index in [9.17, 15) is 0 Å². The molecule has 1 fully saturated rings. The van der Waals surface area contributed by atoms with E-state index >= 15 is 0 Å². The summed E-state index contributed by atoms with van der Waals surface area (Å²) in [5, 5.41) is 3.33. The van der Waals surface area contributed by atoms with E-state index in [-0.39, 0.29) is 0 Å². The van der Waals surface area contributed by atoms with Gasteiger partial charge in [-0.3, -0.25) is 4.90 Å². The SMILES string of the molecule is CNCC1CCN(C2CCCc3ccc(OC)cc32)CC1. The van der Waals surface area contributed by atoms with Gasteiger partial charge in [0.25, 0.3) is 0 Å². The lowest BCUT2D eigenvalue weighted by Crippen LogP contribution is -2.40. The van der Waals surface area contributed by atoms with E-state index in [2.05, 4.69) is 35.5 Å². The zero-order valence-electron chi connectivity index (χ0n) is 13.4. The van der Waals surface area contributed by atoms with E-state index in [1.54, 1.807) is 7.11 Å². The predicted molar refractivity (Wildman–Crippen MR) is 86.9 cm³/mol. The van der Waals surface area contributed by atoms with Crippen molar-refractivity contribution in [3.05, 3.63) is 29.3 Å². The number of nitrogens with one attached hydrogen (secondary N) is 1. The van der Waals surface area contributed by atoms with Crippen LogP contribution in [0.25, 0.3) is 0 Å². The molecule has 1 atom stereocenters. The number of rotatable bonds is 4. The van der Waals surface area contributed by atoms with Crippen molar-refractivity contribution in [1.29, 1.82) is 0 Å². The average molecular weight is 288 g/mol. The van der Waals surface area contributed by atoms with Crippen LogP contribution in [0.15, 0.2) is 18.2 Å². The Hall–Kier alpha value is -1.06. The van der Waals surface area contributed by atoms with Gasteiger partial charge < -0.3 is 10.1 Å². The largest absolute Gasteiger partial charge is 0.497 e. The van der Waals surface area contributed by atoms with Crippen molar-refractivity contribution in [2.24, 2.45) is 5.92 Å². The molecule has 0 aromatic heterocycles. The van der Waals surface area contributed by atoms with E-state index in [1.165, 1.54) is 62.9 Å². The average Bonchev–Trinajstić information content (AvgIpc) is 2.55. The molecule has 1 saturated heterocycles. The highest BCUT2D eigenvalue weighted by Crippen LogP contribution is 2.38. The predicted octanol–water partition coefficient (Wildman–Crippen LogP) is 3.00. The van der Waals surface area contributed by atoms with Crippen LogP contribution >= 0.6 is 0 Å². The Morgan fingerprint density at radius 2 is 2.05 bits per heavy atom. The Morgan fingerprint density at radius 3 is 2.76 bits per heavy atom. The minimum Gasteiger partial charge on any atom is -0.497 e. The number of piperidine rings is 1. The van der Waals surface area contributed by atoms with Gasteiger partial charge in [0.1, 0.15) is 5.75 Å². The fourth-order valence-corrected chi connectivity index (χ4v) is 4.02. The molecule has 0 spiro atoms. The van der Waals surface area contributed by atoms with E-state index in [0.717, 1.165) is 11.7 Å². The molecule has 1 aromatic rings. The first-order valence-electron chi connectivity index (χ1n) is 8.37. The van der Waals surface area contributed by atoms with Crippen molar-refractivity contribution >= 4 is 0 Å². The van der Waals surface area contributed by atoms with Gasteiger partial charge in [-0.05, 0) is 88.0 Å². The van der Waals surface area contributed by atoms with Gasteiger partial charge in [0.15, 0.2) is 0 Å². The summed E-state index contributed by atoms with van der Waals surface area (Å²) in [7, 11) is 3.83. The second-order valence-corrected chi connectivity index (χ2v) is 6.51. The molecule has 1 unspecified atom stereocenters. The molecule has 3 heteroatoms. The van der Waals surface area contributed by atoms with Crippen LogP contribution in [-0.4, -0.2) is 38.7 Å². The summed E-state index contributed by atoms with van der Waals surface area (Å²) >= 11 is 0. The number of hydrogen-bond acceptors (Lipinski definition) is 3. The van der Waals surface area contributed by atoms with Crippen molar-refractivity contribution in [2.45, 2.75) is 38.1 Å². The standard InChI is InChI=1S/C18H28N2O/c1-19-13-14-8-10-20(11-9-14)18-5-3-4-15-6-7-16(21-2)12-17(15)18/h6-7,12,14,18-19H,3-5,8-11,13H2,1-2H3. The first kappa shape index (κ1) is 14.9. The summed E-state index contributed by atoms with van der Waals surface area (Å²) in [6.45, 7) is 3.66. The Bertz CT molecular complexity index is 466. The highest BCUT2D eigenvalue weighted by atomic mass is 16.5. The third-order valence-corrected chi connectivity index (χ3v) is 5.22. The molecule has 3 nitrogen and oxygen atoms in total. The second kappa shape index (κ2) is 6.80. The summed E-state index contributed by atoms with van der Waals surface area (Å²) < 4.78 is 5.44. The quantitative estimate of drug-likeness (QED) is 0.922. The van der Waals surface area contributed by atoms with Crippen LogP contribution in [0.2, 0.25) is 0 Å². The maximum Gasteiger partial charge on any atom is 0.119 e. The fraction of sp³-hybridized carbons (Fsp3) is 0.667. The fourth-order valence-electron chi connectivity index (χ4n) is 4.02. The molecule has 1 aromatic carbocycles. The van der Waals surface area contributed by atoms with Crippen LogP contribution in [0.5, 0.6) is 5.75 Å². The summed E-state index contributed by atoms with van der Waals surface area (Å²) in [4.78, 5) is 2.71. The third-order valence-electron chi connectivity index (χ3n) is 5.22. The Morgan fingerprint density at radius 1 is 1.24 bits per heavy atom. The van der Waals surface area contributed by atoms with Crippen LogP contribution in [0.3, 0.4) is 0 Å². The van der Waals surface area contributed by atoms with Gasteiger partial charge in [-0.25, -0.2) is 0 Å². The van der Waals surface area contributed by atoms with Crippen LogP contribution in [-0.2, 0) is 6.42 Å². The van der Waals surface area contributed by atoms with E-state index < -0.39 is 0 Å². The normalized spacial score (nSPS) is 23.8. The van der Waals surface area contributed by atoms with Crippen LogP contribution in [0.1, 0.15) is 42.9 Å². The number of fused-ring (bicyclic) bond motifs is 1. The zero-order valence-corrected chi connectivity index (χ0v) is 13.4. The highest BCUT2D eigenvalue weighted by Gasteiger charge is 2.29. The molecule has 1 heterocycles. The third kappa shape index (κ3) is 3.24. The minimum absolute atomic E-state index is 0.611. The molecule has 1 N–H and O–H groups in total. The summed E-state index contributed by atoms with van der Waals surface area (Å²) in [6, 6.07) is 7.27. The van der Waals surface area contributed by atoms with Crippen LogP contribution in [0.4, 0.5) is 0 Å². The molecular formula is C18H28N2O. The number of nitrogens with zero attached hydrogens (tertiary/aromatic N) is 1. The maximum absolute atomic E-state index is 5.44. The first-order chi connectivity index (χ1) is 10.3. The lowest BCUT2D eigenvalue weighted by molar-refractivity contribution is 0.120. The maximum atomic E-state index is 5.44. The first-order valence-corrected chi connectivity index (χ1v) is 8.37. The lowest BCUT2D eigenvalue weighted by Gasteiger charge is -2.40. The molecule has 2 aliphatic rings. The Balaban J connectivity index is 1.73. The topological polar surface area (TPSA) is 24.5 Å². The molecule has 1 aliphatic heterocycles.